The van der Waals surface area contributed by atoms with E-state index in [0.717, 1.165) is 72.0 Å². The maximum atomic E-state index is 14.3. The molecule has 0 unspecified atom stereocenters. The molecule has 6 rings (SSSR count). The summed E-state index contributed by atoms with van der Waals surface area (Å²) >= 11 is 0. The van der Waals surface area contributed by atoms with Crippen LogP contribution in [0.25, 0.3) is 16.9 Å². The number of hydrogen-bond acceptors (Lipinski definition) is 6. The van der Waals surface area contributed by atoms with Crippen LogP contribution in [-0.4, -0.2) is 44.0 Å². The van der Waals surface area contributed by atoms with Gasteiger partial charge in [0.15, 0.2) is 0 Å². The zero-order valence-corrected chi connectivity index (χ0v) is 23.0. The third-order valence-corrected chi connectivity index (χ3v) is 8.16. The van der Waals surface area contributed by atoms with Crippen LogP contribution in [0.15, 0.2) is 64.8 Å². The van der Waals surface area contributed by atoms with E-state index in [0.29, 0.717) is 17.9 Å². The van der Waals surface area contributed by atoms with Crippen molar-refractivity contribution in [1.82, 2.24) is 24.6 Å². The minimum Gasteiger partial charge on any atom is -0.381 e. The minimum absolute atomic E-state index is 0.00792. The number of benzene rings is 2. The molecule has 2 aromatic heterocycles. The van der Waals surface area contributed by atoms with Crippen molar-refractivity contribution in [3.63, 3.8) is 0 Å². The molecule has 9 heteroatoms. The minimum atomic E-state index is -0.118. The first kappa shape index (κ1) is 26.1. The molecule has 9 nitrogen and oxygen atoms in total. The Labute approximate surface area is 232 Å². The number of aryl methyl sites for hydroxylation is 1. The van der Waals surface area contributed by atoms with Gasteiger partial charge in [-0.05, 0) is 54.9 Å². The van der Waals surface area contributed by atoms with E-state index in [2.05, 4.69) is 57.9 Å². The molecule has 1 fully saturated rings. The second-order valence-corrected chi connectivity index (χ2v) is 10.7. The Bertz CT molecular complexity index is 1630. The van der Waals surface area contributed by atoms with Crippen LogP contribution in [0.1, 0.15) is 73.9 Å². The lowest BCUT2D eigenvalue weighted by Gasteiger charge is -2.29. The molecule has 3 heterocycles. The lowest BCUT2D eigenvalue weighted by molar-refractivity contribution is -0.119. The van der Waals surface area contributed by atoms with Crippen LogP contribution in [-0.2, 0) is 22.4 Å². The lowest BCUT2D eigenvalue weighted by atomic mass is 9.91. The number of hydrazone groups is 1. The molecule has 1 amide bonds. The highest BCUT2D eigenvalue weighted by Gasteiger charge is 2.28. The molecule has 1 N–H and O–H groups in total. The second kappa shape index (κ2) is 11.2. The SMILES string of the molecule is CCCc1c(Cc2ccc(-c3ccccc3)c(C3=NNC(=O)C3)c2)c(=O)n(C2CCC(OC)CC2)c2ncnn12. The van der Waals surface area contributed by atoms with E-state index < -0.39 is 0 Å². The van der Waals surface area contributed by atoms with Crippen molar-refractivity contribution in [1.29, 1.82) is 0 Å². The second-order valence-electron chi connectivity index (χ2n) is 10.7. The molecule has 4 aromatic rings. The topological polar surface area (TPSA) is 103 Å². The predicted octanol–water partition coefficient (Wildman–Crippen LogP) is 4.46. The molecule has 206 valence electrons. The first-order chi connectivity index (χ1) is 19.6. The Kier molecular flexibility index (Phi) is 7.30. The van der Waals surface area contributed by atoms with Crippen molar-refractivity contribution in [2.45, 2.75) is 70.4 Å². The molecule has 1 saturated carbocycles. The van der Waals surface area contributed by atoms with Crippen LogP contribution in [0.5, 0.6) is 0 Å². The smallest absolute Gasteiger partial charge is 0.259 e. The number of carbonyl (C=O) groups excluding carboxylic acids is 1. The zero-order valence-electron chi connectivity index (χ0n) is 23.0. The van der Waals surface area contributed by atoms with E-state index in [1.54, 1.807) is 13.4 Å². The Morgan fingerprint density at radius 1 is 1.02 bits per heavy atom. The van der Waals surface area contributed by atoms with E-state index in [1.165, 1.54) is 0 Å². The molecule has 1 aliphatic carbocycles. The van der Waals surface area contributed by atoms with Gasteiger partial charge in [-0.2, -0.15) is 15.2 Å². The van der Waals surface area contributed by atoms with E-state index >= 15 is 0 Å². The third-order valence-electron chi connectivity index (χ3n) is 8.16. The molecule has 2 aromatic carbocycles. The standard InChI is InChI=1S/C31H34N6O3/c1-3-7-28-26(30(39)36(31-32-19-33-37(28)31)22-11-13-23(40-2)14-12-22)17-20-10-15-24(21-8-5-4-6-9-21)25(16-20)27-18-29(38)35-34-27/h4-6,8-10,15-16,19,22-23H,3,7,11-14,17-18H2,1-2H3,(H,35,38). The van der Waals surface area contributed by atoms with Gasteiger partial charge in [0.25, 0.3) is 5.56 Å². The molecular weight excluding hydrogens is 504 g/mol. The first-order valence-corrected chi connectivity index (χ1v) is 14.1. The number of ether oxygens (including phenoxy) is 1. The monoisotopic (exact) mass is 538 g/mol. The lowest BCUT2D eigenvalue weighted by Crippen LogP contribution is -2.35. The molecule has 0 atom stereocenters. The molecule has 0 radical (unpaired) electrons. The van der Waals surface area contributed by atoms with Crippen LogP contribution < -0.4 is 11.0 Å². The predicted molar refractivity (Wildman–Crippen MR) is 154 cm³/mol. The van der Waals surface area contributed by atoms with E-state index in [-0.39, 0.29) is 30.0 Å². The number of aromatic nitrogens is 4. The average molecular weight is 539 g/mol. The van der Waals surface area contributed by atoms with Crippen molar-refractivity contribution in [3.05, 3.63) is 87.6 Å². The largest absolute Gasteiger partial charge is 0.381 e. The normalized spacial score (nSPS) is 19.1. The van der Waals surface area contributed by atoms with E-state index in [9.17, 15) is 9.59 Å². The van der Waals surface area contributed by atoms with Gasteiger partial charge in [0.05, 0.1) is 23.9 Å². The van der Waals surface area contributed by atoms with Crippen LogP contribution >= 0.6 is 0 Å². The van der Waals surface area contributed by atoms with Gasteiger partial charge in [-0.1, -0.05) is 55.8 Å². The molecule has 0 bridgehead atoms. The Balaban J connectivity index is 1.45. The van der Waals surface area contributed by atoms with E-state index in [1.807, 2.05) is 27.3 Å². The summed E-state index contributed by atoms with van der Waals surface area (Å²) < 4.78 is 9.32. The van der Waals surface area contributed by atoms with Gasteiger partial charge in [-0.25, -0.2) is 9.94 Å². The van der Waals surface area contributed by atoms with Gasteiger partial charge >= 0.3 is 0 Å². The summed E-state index contributed by atoms with van der Waals surface area (Å²) in [6, 6.07) is 16.4. The molecule has 0 saturated heterocycles. The van der Waals surface area contributed by atoms with Crippen LogP contribution in [0.2, 0.25) is 0 Å². The highest BCUT2D eigenvalue weighted by atomic mass is 16.5. The van der Waals surface area contributed by atoms with Crippen molar-refractivity contribution < 1.29 is 9.53 Å². The van der Waals surface area contributed by atoms with Crippen molar-refractivity contribution >= 4 is 17.4 Å². The quantitative estimate of drug-likeness (QED) is 0.357. The summed E-state index contributed by atoms with van der Waals surface area (Å²) in [6.45, 7) is 2.11. The summed E-state index contributed by atoms with van der Waals surface area (Å²) in [5.41, 5.74) is 8.90. The number of amides is 1. The molecule has 2 aliphatic rings. The van der Waals surface area contributed by atoms with Gasteiger partial charge < -0.3 is 4.74 Å². The summed E-state index contributed by atoms with van der Waals surface area (Å²) in [6.07, 6.45) is 7.63. The number of carbonyl (C=O) groups is 1. The number of fused-ring (bicyclic) bond motifs is 1. The van der Waals surface area contributed by atoms with Crippen molar-refractivity contribution in [2.75, 3.05) is 7.11 Å². The number of methoxy groups -OCH3 is 1. The molecule has 1 aliphatic heterocycles. The Morgan fingerprint density at radius 2 is 1.82 bits per heavy atom. The number of hydrogen-bond donors (Lipinski definition) is 1. The Hall–Kier alpha value is -4.11. The number of nitrogens with zero attached hydrogens (tertiary/aromatic N) is 5. The van der Waals surface area contributed by atoms with Crippen molar-refractivity contribution in [2.24, 2.45) is 5.10 Å². The summed E-state index contributed by atoms with van der Waals surface area (Å²) in [4.78, 5) is 30.9. The third kappa shape index (κ3) is 4.86. The van der Waals surface area contributed by atoms with Gasteiger partial charge in [-0.15, -0.1) is 0 Å². The average Bonchev–Trinajstić information content (AvgIpc) is 3.65. The molecule has 0 spiro atoms. The highest BCUT2D eigenvalue weighted by molar-refractivity contribution is 6.16. The van der Waals surface area contributed by atoms with Crippen LogP contribution in [0.4, 0.5) is 0 Å². The zero-order chi connectivity index (χ0) is 27.6. The summed E-state index contributed by atoms with van der Waals surface area (Å²) in [7, 11) is 1.76. The summed E-state index contributed by atoms with van der Waals surface area (Å²) in [5, 5.41) is 8.89. The summed E-state index contributed by atoms with van der Waals surface area (Å²) in [5.74, 6) is 0.496. The van der Waals surface area contributed by atoms with Gasteiger partial charge in [0.2, 0.25) is 11.7 Å². The maximum Gasteiger partial charge on any atom is 0.259 e. The maximum absolute atomic E-state index is 14.3. The fourth-order valence-electron chi connectivity index (χ4n) is 6.15. The van der Waals surface area contributed by atoms with Gasteiger partial charge in [0.1, 0.15) is 6.33 Å². The van der Waals surface area contributed by atoms with E-state index in [4.69, 9.17) is 4.74 Å². The van der Waals surface area contributed by atoms with Gasteiger partial charge in [-0.3, -0.25) is 14.2 Å². The fourth-order valence-corrected chi connectivity index (χ4v) is 6.15. The first-order valence-electron chi connectivity index (χ1n) is 14.1. The van der Waals surface area contributed by atoms with Crippen molar-refractivity contribution in [3.8, 4) is 11.1 Å². The highest BCUT2D eigenvalue weighted by Crippen LogP contribution is 2.31. The van der Waals surface area contributed by atoms with Crippen LogP contribution in [0, 0.1) is 0 Å². The van der Waals surface area contributed by atoms with Gasteiger partial charge in [0, 0.05) is 30.7 Å². The van der Waals surface area contributed by atoms with Crippen LogP contribution in [0.3, 0.4) is 0 Å². The molecular formula is C31H34N6O3. The number of rotatable bonds is 8. The molecule has 40 heavy (non-hydrogen) atoms. The fraction of sp³-hybridized carbons (Fsp3) is 0.387. The number of nitrogens with one attached hydrogen (secondary N) is 1. The Morgan fingerprint density at radius 3 is 2.52 bits per heavy atom.